The molecule has 0 aliphatic rings. The number of thioether (sulfide) groups is 1. The molecule has 1 unspecified atom stereocenters. The summed E-state index contributed by atoms with van der Waals surface area (Å²) in [4.78, 5) is 0. The zero-order chi connectivity index (χ0) is 11.3. The monoisotopic (exact) mass is 229 g/mol. The van der Waals surface area contributed by atoms with Crippen LogP contribution in [0.5, 0.6) is 0 Å². The van der Waals surface area contributed by atoms with E-state index in [1.54, 1.807) is 11.8 Å². The lowest BCUT2D eigenvalue weighted by atomic mass is 10.2. The summed E-state index contributed by atoms with van der Waals surface area (Å²) in [6.07, 6.45) is 0.960. The summed E-state index contributed by atoms with van der Waals surface area (Å²) in [5.41, 5.74) is 1.05. The molecule has 0 aromatic carbocycles. The van der Waals surface area contributed by atoms with Crippen LogP contribution in [0.1, 0.15) is 12.1 Å². The maximum Gasteiger partial charge on any atom is 0.0939 e. The van der Waals surface area contributed by atoms with Crippen molar-refractivity contribution in [1.29, 1.82) is 0 Å². The molecule has 86 valence electrons. The third kappa shape index (κ3) is 3.85. The number of aliphatic hydroxyl groups is 1. The Labute approximate surface area is 95.1 Å². The van der Waals surface area contributed by atoms with Gasteiger partial charge in [0.2, 0.25) is 0 Å². The molecule has 1 atom stereocenters. The molecule has 4 nitrogen and oxygen atoms in total. The first kappa shape index (κ1) is 12.5. The molecule has 0 aliphatic carbocycles. The molecule has 0 saturated carbocycles. The Hall–Kier alpha value is -0.520. The summed E-state index contributed by atoms with van der Waals surface area (Å²) in [6.45, 7) is 2.19. The van der Waals surface area contributed by atoms with E-state index in [-0.39, 0.29) is 12.6 Å². The van der Waals surface area contributed by atoms with Gasteiger partial charge in [0.1, 0.15) is 0 Å². The Bertz CT molecular complexity index is 297. The lowest BCUT2D eigenvalue weighted by Gasteiger charge is -2.11. The highest BCUT2D eigenvalue weighted by molar-refractivity contribution is 7.99. The second-order valence-corrected chi connectivity index (χ2v) is 4.67. The van der Waals surface area contributed by atoms with E-state index in [4.69, 9.17) is 5.11 Å². The van der Waals surface area contributed by atoms with Crippen LogP contribution in [0.2, 0.25) is 0 Å². The third-order valence-electron chi connectivity index (χ3n) is 2.30. The van der Waals surface area contributed by atoms with Crippen molar-refractivity contribution < 1.29 is 5.11 Å². The molecule has 0 aliphatic heterocycles. The van der Waals surface area contributed by atoms with Crippen LogP contribution in [-0.4, -0.2) is 40.3 Å². The lowest BCUT2D eigenvalue weighted by Crippen LogP contribution is -2.29. The van der Waals surface area contributed by atoms with Gasteiger partial charge in [0.05, 0.1) is 17.3 Å². The van der Waals surface area contributed by atoms with Gasteiger partial charge in [-0.15, -0.1) is 11.8 Å². The molecule has 5 heteroatoms. The second kappa shape index (κ2) is 6.15. The van der Waals surface area contributed by atoms with E-state index in [0.29, 0.717) is 0 Å². The molecule has 1 aromatic rings. The fourth-order valence-corrected chi connectivity index (χ4v) is 2.45. The van der Waals surface area contributed by atoms with Gasteiger partial charge in [-0.3, -0.25) is 4.68 Å². The first-order valence-electron chi connectivity index (χ1n) is 5.09. The Morgan fingerprint density at radius 3 is 2.87 bits per heavy atom. The highest BCUT2D eigenvalue weighted by Gasteiger charge is 2.06. The number of hydrogen-bond donors (Lipinski definition) is 2. The minimum atomic E-state index is 0.196. The molecule has 2 N–H and O–H groups in total. The standard InChI is InChI=1S/C10H19N3OS/c1-8-6-10(13(3)12-8)15-5-4-9(7-14)11-2/h6,9,11,14H,4-5,7H2,1-3H3. The Morgan fingerprint density at radius 1 is 1.67 bits per heavy atom. The lowest BCUT2D eigenvalue weighted by molar-refractivity contribution is 0.246. The summed E-state index contributed by atoms with van der Waals surface area (Å²) < 4.78 is 1.90. The summed E-state index contributed by atoms with van der Waals surface area (Å²) in [6, 6.07) is 2.28. The fraction of sp³-hybridized carbons (Fsp3) is 0.700. The number of rotatable bonds is 6. The normalized spacial score (nSPS) is 13.1. The van der Waals surface area contributed by atoms with E-state index in [1.165, 1.54) is 5.03 Å². The van der Waals surface area contributed by atoms with Crippen molar-refractivity contribution in [2.75, 3.05) is 19.4 Å². The van der Waals surface area contributed by atoms with Crippen molar-refractivity contribution in [2.45, 2.75) is 24.4 Å². The first-order chi connectivity index (χ1) is 7.17. The zero-order valence-electron chi connectivity index (χ0n) is 9.53. The van der Waals surface area contributed by atoms with E-state index in [9.17, 15) is 0 Å². The predicted molar refractivity (Wildman–Crippen MR) is 63.2 cm³/mol. The van der Waals surface area contributed by atoms with Gasteiger partial charge in [0.25, 0.3) is 0 Å². The molecule has 0 saturated heterocycles. The Morgan fingerprint density at radius 2 is 2.40 bits per heavy atom. The number of nitrogens with one attached hydrogen (secondary N) is 1. The highest BCUT2D eigenvalue weighted by Crippen LogP contribution is 2.19. The number of aromatic nitrogens is 2. The van der Waals surface area contributed by atoms with Crippen molar-refractivity contribution in [3.63, 3.8) is 0 Å². The van der Waals surface area contributed by atoms with E-state index >= 15 is 0 Å². The van der Waals surface area contributed by atoms with Gasteiger partial charge in [-0.2, -0.15) is 5.10 Å². The van der Waals surface area contributed by atoms with Crippen LogP contribution in [0.25, 0.3) is 0 Å². The summed E-state index contributed by atoms with van der Waals surface area (Å²) >= 11 is 1.78. The SMILES string of the molecule is CNC(CO)CCSc1cc(C)nn1C. The molecule has 0 spiro atoms. The van der Waals surface area contributed by atoms with Gasteiger partial charge in [0.15, 0.2) is 0 Å². The quantitative estimate of drug-likeness (QED) is 0.708. The zero-order valence-corrected chi connectivity index (χ0v) is 10.3. The maximum atomic E-state index is 8.99. The van der Waals surface area contributed by atoms with E-state index < -0.39 is 0 Å². The van der Waals surface area contributed by atoms with Gasteiger partial charge in [-0.25, -0.2) is 0 Å². The smallest absolute Gasteiger partial charge is 0.0939 e. The molecule has 0 amide bonds. The molecule has 1 heterocycles. The number of hydrogen-bond acceptors (Lipinski definition) is 4. The molecule has 0 radical (unpaired) electrons. The van der Waals surface area contributed by atoms with Crippen molar-refractivity contribution in [1.82, 2.24) is 15.1 Å². The molecule has 1 aromatic heterocycles. The topological polar surface area (TPSA) is 50.1 Å². The minimum absolute atomic E-state index is 0.196. The number of likely N-dealkylation sites (N-methyl/N-ethyl adjacent to an activating group) is 1. The van der Waals surface area contributed by atoms with E-state index in [2.05, 4.69) is 16.5 Å². The maximum absolute atomic E-state index is 8.99. The van der Waals surface area contributed by atoms with Crippen LogP contribution in [0.3, 0.4) is 0 Å². The van der Waals surface area contributed by atoms with Crippen molar-refractivity contribution in [2.24, 2.45) is 7.05 Å². The number of aliphatic hydroxyl groups excluding tert-OH is 1. The van der Waals surface area contributed by atoms with Crippen molar-refractivity contribution in [3.05, 3.63) is 11.8 Å². The Balaban J connectivity index is 2.34. The minimum Gasteiger partial charge on any atom is -0.395 e. The largest absolute Gasteiger partial charge is 0.395 e. The highest BCUT2D eigenvalue weighted by atomic mass is 32.2. The molecule has 0 fully saturated rings. The van der Waals surface area contributed by atoms with E-state index in [0.717, 1.165) is 17.9 Å². The van der Waals surface area contributed by atoms with Gasteiger partial charge in [-0.05, 0) is 26.5 Å². The van der Waals surface area contributed by atoms with Crippen LogP contribution in [0.4, 0.5) is 0 Å². The van der Waals surface area contributed by atoms with Crippen molar-refractivity contribution >= 4 is 11.8 Å². The number of aryl methyl sites for hydroxylation is 2. The fourth-order valence-electron chi connectivity index (χ4n) is 1.35. The summed E-state index contributed by atoms with van der Waals surface area (Å²) in [5.74, 6) is 0.991. The van der Waals surface area contributed by atoms with Crippen LogP contribution in [-0.2, 0) is 7.05 Å². The van der Waals surface area contributed by atoms with E-state index in [1.807, 2.05) is 25.7 Å². The molecular formula is C10H19N3OS. The molecule has 15 heavy (non-hydrogen) atoms. The first-order valence-corrected chi connectivity index (χ1v) is 6.07. The van der Waals surface area contributed by atoms with Crippen LogP contribution in [0, 0.1) is 6.92 Å². The second-order valence-electron chi connectivity index (χ2n) is 3.55. The summed E-state index contributed by atoms with van der Waals surface area (Å²) in [7, 11) is 3.83. The van der Waals surface area contributed by atoms with Crippen molar-refractivity contribution in [3.8, 4) is 0 Å². The summed E-state index contributed by atoms with van der Waals surface area (Å²) in [5, 5.41) is 17.5. The predicted octanol–water partition coefficient (Wildman–Crippen LogP) is 0.791. The Kier molecular flexibility index (Phi) is 5.14. The van der Waals surface area contributed by atoms with Crippen LogP contribution < -0.4 is 5.32 Å². The number of nitrogens with zero attached hydrogens (tertiary/aromatic N) is 2. The van der Waals surface area contributed by atoms with Crippen LogP contribution >= 0.6 is 11.8 Å². The van der Waals surface area contributed by atoms with Gasteiger partial charge in [-0.1, -0.05) is 0 Å². The molecule has 0 bridgehead atoms. The van der Waals surface area contributed by atoms with Gasteiger partial charge >= 0.3 is 0 Å². The van der Waals surface area contributed by atoms with Gasteiger partial charge in [0, 0.05) is 18.8 Å². The van der Waals surface area contributed by atoms with Gasteiger partial charge < -0.3 is 10.4 Å². The third-order valence-corrected chi connectivity index (χ3v) is 3.42. The van der Waals surface area contributed by atoms with Crippen LogP contribution in [0.15, 0.2) is 11.1 Å². The average molecular weight is 229 g/mol. The molecule has 1 rings (SSSR count). The molecular weight excluding hydrogens is 210 g/mol. The average Bonchev–Trinajstić information content (AvgIpc) is 2.52.